The van der Waals surface area contributed by atoms with Gasteiger partial charge >= 0.3 is 11.9 Å². The van der Waals surface area contributed by atoms with E-state index >= 15 is 0 Å². The summed E-state index contributed by atoms with van der Waals surface area (Å²) in [6.45, 7) is 4.32. The van der Waals surface area contributed by atoms with Gasteiger partial charge < -0.3 is 20.8 Å². The minimum absolute atomic E-state index is 0.182. The average molecular weight is 536 g/mol. The van der Waals surface area contributed by atoms with Gasteiger partial charge in [0.15, 0.2) is 0 Å². The standard InChI is InChI=1S/C21H23ClFN3OS.C4H4O4/c22-15-1-4-19-14(11-15)12-18(17-3-2-16(23)13-20(17)28-19)26-9-7-25(8-10-26)6-5-21(24)27;5-3(6)1-2-4(7)8/h1-4,11,13,18H,5-10,12H2,(H2,24,27);1-2H,(H,5,6)(H,7,8)/b;2-1-. The normalized spacial score (nSPS) is 17.9. The number of benzene rings is 2. The van der Waals surface area contributed by atoms with E-state index in [0.29, 0.717) is 25.1 Å². The SMILES string of the molecule is NC(=O)CCN1CCN(C2Cc3cc(Cl)ccc3Sc3cc(F)ccc32)CC1.O=C(O)/C=C\C(=O)O. The lowest BCUT2D eigenvalue weighted by Gasteiger charge is -2.39. The predicted molar refractivity (Wildman–Crippen MR) is 135 cm³/mol. The van der Waals surface area contributed by atoms with Crippen LogP contribution in [0, 0.1) is 5.82 Å². The zero-order chi connectivity index (χ0) is 26.2. The van der Waals surface area contributed by atoms with E-state index in [-0.39, 0.29) is 17.8 Å². The molecule has 0 aliphatic carbocycles. The molecule has 1 saturated heterocycles. The van der Waals surface area contributed by atoms with E-state index in [1.807, 2.05) is 24.3 Å². The molecule has 4 N–H and O–H groups in total. The first kappa shape index (κ1) is 27.7. The van der Waals surface area contributed by atoms with Gasteiger partial charge in [-0.1, -0.05) is 29.4 Å². The lowest BCUT2D eigenvalue weighted by molar-refractivity contribution is -0.134. The molecule has 192 valence electrons. The lowest BCUT2D eigenvalue weighted by Crippen LogP contribution is -2.48. The number of nitrogens with two attached hydrogens (primary N) is 1. The zero-order valence-corrected chi connectivity index (χ0v) is 21.0. The highest BCUT2D eigenvalue weighted by Crippen LogP contribution is 2.43. The molecule has 0 radical (unpaired) electrons. The van der Waals surface area contributed by atoms with E-state index in [1.54, 1.807) is 23.9 Å². The number of carboxylic acids is 2. The van der Waals surface area contributed by atoms with Crippen LogP contribution in [0.5, 0.6) is 0 Å². The maximum atomic E-state index is 13.9. The summed E-state index contributed by atoms with van der Waals surface area (Å²) >= 11 is 7.87. The summed E-state index contributed by atoms with van der Waals surface area (Å²) in [6, 6.07) is 11.3. The highest BCUT2D eigenvalue weighted by atomic mass is 35.5. The monoisotopic (exact) mass is 535 g/mol. The number of primary amides is 1. The van der Waals surface area contributed by atoms with E-state index in [9.17, 15) is 18.8 Å². The summed E-state index contributed by atoms with van der Waals surface area (Å²) < 4.78 is 13.9. The molecule has 36 heavy (non-hydrogen) atoms. The van der Waals surface area contributed by atoms with Crippen molar-refractivity contribution in [1.29, 1.82) is 0 Å². The van der Waals surface area contributed by atoms with Gasteiger partial charge in [-0.05, 0) is 47.9 Å². The maximum absolute atomic E-state index is 13.9. The molecule has 4 rings (SSSR count). The second-order valence-electron chi connectivity index (χ2n) is 8.36. The number of hydrogen-bond donors (Lipinski definition) is 3. The van der Waals surface area contributed by atoms with Crippen molar-refractivity contribution < 1.29 is 29.0 Å². The Morgan fingerprint density at radius 1 is 1.03 bits per heavy atom. The number of carbonyl (C=O) groups excluding carboxylic acids is 1. The van der Waals surface area contributed by atoms with Gasteiger partial charge in [0.1, 0.15) is 5.82 Å². The van der Waals surface area contributed by atoms with Gasteiger partial charge in [0.05, 0.1) is 0 Å². The molecule has 11 heteroatoms. The topological polar surface area (TPSA) is 124 Å². The maximum Gasteiger partial charge on any atom is 0.328 e. The summed E-state index contributed by atoms with van der Waals surface area (Å²) in [4.78, 5) is 37.0. The molecule has 1 amide bonds. The summed E-state index contributed by atoms with van der Waals surface area (Å²) in [5.74, 6) is -2.98. The molecular formula is C25H27ClFN3O5S. The van der Waals surface area contributed by atoms with Gasteiger partial charge in [0.25, 0.3) is 0 Å². The van der Waals surface area contributed by atoms with Gasteiger partial charge in [-0.2, -0.15) is 0 Å². The van der Waals surface area contributed by atoms with Crippen LogP contribution in [0.1, 0.15) is 23.6 Å². The number of carboxylic acid groups (broad SMARTS) is 2. The van der Waals surface area contributed by atoms with Crippen molar-refractivity contribution in [2.75, 3.05) is 32.7 Å². The van der Waals surface area contributed by atoms with E-state index in [4.69, 9.17) is 27.5 Å². The Labute approximate surface area is 217 Å². The molecule has 2 heterocycles. The van der Waals surface area contributed by atoms with Crippen LogP contribution in [0.3, 0.4) is 0 Å². The molecule has 2 aromatic rings. The minimum Gasteiger partial charge on any atom is -0.478 e. The van der Waals surface area contributed by atoms with Crippen molar-refractivity contribution in [3.63, 3.8) is 0 Å². The van der Waals surface area contributed by atoms with Crippen molar-refractivity contribution >= 4 is 41.2 Å². The molecule has 2 aliphatic rings. The van der Waals surface area contributed by atoms with Crippen molar-refractivity contribution in [3.8, 4) is 0 Å². The van der Waals surface area contributed by atoms with Crippen LogP contribution in [0.15, 0.2) is 58.3 Å². The molecular weight excluding hydrogens is 509 g/mol. The summed E-state index contributed by atoms with van der Waals surface area (Å²) in [5.41, 5.74) is 7.65. The Kier molecular flexibility index (Phi) is 9.89. The molecule has 1 atom stereocenters. The summed E-state index contributed by atoms with van der Waals surface area (Å²) in [7, 11) is 0. The summed E-state index contributed by atoms with van der Waals surface area (Å²) in [5, 5.41) is 16.4. The number of nitrogens with zero attached hydrogens (tertiary/aromatic N) is 2. The third kappa shape index (κ3) is 8.06. The Morgan fingerprint density at radius 3 is 2.31 bits per heavy atom. The predicted octanol–water partition coefficient (Wildman–Crippen LogP) is 3.43. The smallest absolute Gasteiger partial charge is 0.328 e. The lowest BCUT2D eigenvalue weighted by atomic mass is 9.96. The molecule has 1 fully saturated rings. The number of hydrogen-bond acceptors (Lipinski definition) is 6. The summed E-state index contributed by atoms with van der Waals surface area (Å²) in [6.07, 6.45) is 2.36. The molecule has 2 aliphatic heterocycles. The molecule has 0 bridgehead atoms. The van der Waals surface area contributed by atoms with Crippen LogP contribution in [0.4, 0.5) is 4.39 Å². The highest BCUT2D eigenvalue weighted by Gasteiger charge is 2.30. The van der Waals surface area contributed by atoms with Crippen molar-refractivity contribution in [1.82, 2.24) is 9.80 Å². The Hall–Kier alpha value is -2.92. The number of carbonyl (C=O) groups is 3. The fourth-order valence-electron chi connectivity index (χ4n) is 4.15. The van der Waals surface area contributed by atoms with E-state index in [2.05, 4.69) is 9.80 Å². The number of fused-ring (bicyclic) bond motifs is 2. The van der Waals surface area contributed by atoms with Crippen LogP contribution >= 0.6 is 23.4 Å². The largest absolute Gasteiger partial charge is 0.478 e. The second kappa shape index (κ2) is 12.9. The van der Waals surface area contributed by atoms with Gasteiger partial charge in [0, 0.05) is 72.2 Å². The zero-order valence-electron chi connectivity index (χ0n) is 19.4. The van der Waals surface area contributed by atoms with E-state index in [1.165, 1.54) is 11.1 Å². The molecule has 0 saturated carbocycles. The number of halogens is 2. The van der Waals surface area contributed by atoms with Gasteiger partial charge in [-0.25, -0.2) is 14.0 Å². The van der Waals surface area contributed by atoms with Gasteiger partial charge in [0.2, 0.25) is 5.91 Å². The number of aliphatic carboxylic acids is 2. The van der Waals surface area contributed by atoms with Crippen molar-refractivity contribution in [2.45, 2.75) is 28.7 Å². The number of piperazine rings is 1. The van der Waals surface area contributed by atoms with Gasteiger partial charge in [-0.15, -0.1) is 0 Å². The minimum atomic E-state index is -1.26. The van der Waals surface area contributed by atoms with Crippen LogP contribution in [0.2, 0.25) is 5.02 Å². The highest BCUT2D eigenvalue weighted by molar-refractivity contribution is 7.99. The molecule has 8 nitrogen and oxygen atoms in total. The molecule has 2 aromatic carbocycles. The third-order valence-corrected chi connectivity index (χ3v) is 7.31. The number of amides is 1. The second-order valence-corrected chi connectivity index (χ2v) is 9.88. The Morgan fingerprint density at radius 2 is 1.69 bits per heavy atom. The van der Waals surface area contributed by atoms with Crippen LogP contribution in [-0.4, -0.2) is 70.6 Å². The van der Waals surface area contributed by atoms with Crippen molar-refractivity contribution in [2.24, 2.45) is 5.73 Å². The molecule has 0 aromatic heterocycles. The Bertz CT molecular complexity index is 1140. The van der Waals surface area contributed by atoms with Crippen LogP contribution in [-0.2, 0) is 20.8 Å². The molecule has 0 spiro atoms. The first-order valence-corrected chi connectivity index (χ1v) is 12.5. The van der Waals surface area contributed by atoms with Gasteiger partial charge in [-0.3, -0.25) is 9.69 Å². The first-order valence-electron chi connectivity index (χ1n) is 11.3. The van der Waals surface area contributed by atoms with Crippen LogP contribution in [0.25, 0.3) is 0 Å². The Balaban J connectivity index is 0.000000392. The molecule has 1 unspecified atom stereocenters. The fourth-order valence-corrected chi connectivity index (χ4v) is 5.49. The van der Waals surface area contributed by atoms with Crippen LogP contribution < -0.4 is 5.73 Å². The fraction of sp³-hybridized carbons (Fsp3) is 0.320. The third-order valence-electron chi connectivity index (χ3n) is 5.88. The number of rotatable bonds is 6. The van der Waals surface area contributed by atoms with E-state index in [0.717, 1.165) is 47.4 Å². The average Bonchev–Trinajstić information content (AvgIpc) is 2.98. The first-order chi connectivity index (χ1) is 17.1. The quantitative estimate of drug-likeness (QED) is 0.481. The van der Waals surface area contributed by atoms with Crippen molar-refractivity contribution in [3.05, 3.63) is 70.5 Å². The van der Waals surface area contributed by atoms with E-state index < -0.39 is 11.9 Å².